The van der Waals surface area contributed by atoms with Crippen molar-refractivity contribution < 1.29 is 8.42 Å². The molecule has 2 aromatic heterocycles. The SMILES string of the molecule is O=S(=O)(c1ccc(N[C@H](c2ccccc2)c2cccs2)nc1)N1CCCCC1. The third-order valence-electron chi connectivity index (χ3n) is 4.94. The van der Waals surface area contributed by atoms with Crippen LogP contribution in [-0.2, 0) is 10.0 Å². The van der Waals surface area contributed by atoms with Gasteiger partial charge in [-0.3, -0.25) is 0 Å². The van der Waals surface area contributed by atoms with Crippen LogP contribution in [0.5, 0.6) is 0 Å². The molecular formula is C21H23N3O2S2. The Morgan fingerprint density at radius 3 is 2.39 bits per heavy atom. The summed E-state index contributed by atoms with van der Waals surface area (Å²) in [6.07, 6.45) is 4.40. The van der Waals surface area contributed by atoms with E-state index in [0.717, 1.165) is 24.8 Å². The molecule has 1 saturated heterocycles. The molecule has 3 aromatic rings. The van der Waals surface area contributed by atoms with Crippen LogP contribution in [0.4, 0.5) is 5.82 Å². The molecule has 1 N–H and O–H groups in total. The summed E-state index contributed by atoms with van der Waals surface area (Å²) in [5, 5.41) is 5.50. The summed E-state index contributed by atoms with van der Waals surface area (Å²) < 4.78 is 27.2. The van der Waals surface area contributed by atoms with Crippen molar-refractivity contribution in [2.24, 2.45) is 0 Å². The number of hydrogen-bond acceptors (Lipinski definition) is 5. The Hall–Kier alpha value is -2.22. The van der Waals surface area contributed by atoms with E-state index < -0.39 is 10.0 Å². The number of aromatic nitrogens is 1. The molecule has 1 aromatic carbocycles. The summed E-state index contributed by atoms with van der Waals surface area (Å²) in [6.45, 7) is 1.19. The Labute approximate surface area is 170 Å². The highest BCUT2D eigenvalue weighted by molar-refractivity contribution is 7.89. The van der Waals surface area contributed by atoms with Crippen LogP contribution in [0.15, 0.2) is 71.1 Å². The number of piperidine rings is 1. The van der Waals surface area contributed by atoms with Gasteiger partial charge in [-0.25, -0.2) is 13.4 Å². The summed E-state index contributed by atoms with van der Waals surface area (Å²) in [7, 11) is -3.46. The van der Waals surface area contributed by atoms with Crippen molar-refractivity contribution in [3.8, 4) is 0 Å². The van der Waals surface area contributed by atoms with Crippen molar-refractivity contribution in [2.75, 3.05) is 18.4 Å². The molecule has 0 unspecified atom stereocenters. The topological polar surface area (TPSA) is 62.3 Å². The van der Waals surface area contributed by atoms with Crippen molar-refractivity contribution in [3.05, 3.63) is 76.6 Å². The zero-order valence-electron chi connectivity index (χ0n) is 15.5. The Kier molecular flexibility index (Phi) is 5.75. The maximum atomic E-state index is 12.8. The monoisotopic (exact) mass is 413 g/mol. The molecule has 7 heteroatoms. The van der Waals surface area contributed by atoms with Crippen LogP contribution < -0.4 is 5.32 Å². The molecular weight excluding hydrogens is 390 g/mol. The normalized spacial score (nSPS) is 16.6. The lowest BCUT2D eigenvalue weighted by Crippen LogP contribution is -2.35. The highest BCUT2D eigenvalue weighted by Crippen LogP contribution is 2.29. The minimum atomic E-state index is -3.46. The van der Waals surface area contributed by atoms with Gasteiger partial charge in [0.05, 0.1) is 6.04 Å². The van der Waals surface area contributed by atoms with Gasteiger partial charge in [0.2, 0.25) is 10.0 Å². The minimum absolute atomic E-state index is 0.0294. The van der Waals surface area contributed by atoms with Gasteiger partial charge in [-0.2, -0.15) is 4.31 Å². The lowest BCUT2D eigenvalue weighted by atomic mass is 10.1. The average molecular weight is 414 g/mol. The third-order valence-corrected chi connectivity index (χ3v) is 7.76. The van der Waals surface area contributed by atoms with Crippen LogP contribution in [-0.4, -0.2) is 30.8 Å². The van der Waals surface area contributed by atoms with Crippen molar-refractivity contribution >= 4 is 27.2 Å². The van der Waals surface area contributed by atoms with Crippen molar-refractivity contribution in [1.29, 1.82) is 0 Å². The van der Waals surface area contributed by atoms with Gasteiger partial charge in [-0.1, -0.05) is 42.8 Å². The molecule has 146 valence electrons. The van der Waals surface area contributed by atoms with Gasteiger partial charge in [0.15, 0.2) is 0 Å². The van der Waals surface area contributed by atoms with Gasteiger partial charge in [0, 0.05) is 24.2 Å². The van der Waals surface area contributed by atoms with E-state index in [4.69, 9.17) is 0 Å². The van der Waals surface area contributed by atoms with Gasteiger partial charge in [0.25, 0.3) is 0 Å². The molecule has 1 fully saturated rings. The number of hydrogen-bond donors (Lipinski definition) is 1. The fraction of sp³-hybridized carbons (Fsp3) is 0.286. The van der Waals surface area contributed by atoms with Crippen LogP contribution in [0.1, 0.15) is 35.7 Å². The molecule has 1 aliphatic heterocycles. The average Bonchev–Trinajstić information content (AvgIpc) is 3.28. The summed E-state index contributed by atoms with van der Waals surface area (Å²) in [4.78, 5) is 5.84. The Morgan fingerprint density at radius 1 is 0.964 bits per heavy atom. The molecule has 0 saturated carbocycles. The predicted molar refractivity (Wildman–Crippen MR) is 113 cm³/mol. The summed E-state index contributed by atoms with van der Waals surface area (Å²) in [6, 6.07) is 17.7. The van der Waals surface area contributed by atoms with Crippen LogP contribution >= 0.6 is 11.3 Å². The fourth-order valence-electron chi connectivity index (χ4n) is 3.44. The molecule has 28 heavy (non-hydrogen) atoms. The zero-order valence-corrected chi connectivity index (χ0v) is 17.1. The first-order chi connectivity index (χ1) is 13.6. The van der Waals surface area contributed by atoms with Crippen LogP contribution in [0, 0.1) is 0 Å². The van der Waals surface area contributed by atoms with Crippen LogP contribution in [0.2, 0.25) is 0 Å². The molecule has 4 rings (SSSR count). The van der Waals surface area contributed by atoms with E-state index in [-0.39, 0.29) is 10.9 Å². The number of benzene rings is 1. The van der Waals surface area contributed by atoms with E-state index in [9.17, 15) is 8.42 Å². The molecule has 1 aliphatic rings. The van der Waals surface area contributed by atoms with Gasteiger partial charge in [-0.05, 0) is 42.0 Å². The smallest absolute Gasteiger partial charge is 0.244 e. The van der Waals surface area contributed by atoms with E-state index in [1.807, 2.05) is 24.3 Å². The second-order valence-electron chi connectivity index (χ2n) is 6.85. The number of anilines is 1. The van der Waals surface area contributed by atoms with Crippen molar-refractivity contribution in [3.63, 3.8) is 0 Å². The highest BCUT2D eigenvalue weighted by Gasteiger charge is 2.26. The number of rotatable bonds is 6. The maximum absolute atomic E-state index is 12.8. The number of sulfonamides is 1. The molecule has 0 amide bonds. The predicted octanol–water partition coefficient (Wildman–Crippen LogP) is 4.52. The van der Waals surface area contributed by atoms with E-state index in [2.05, 4.69) is 33.9 Å². The molecule has 3 heterocycles. The van der Waals surface area contributed by atoms with E-state index in [1.165, 1.54) is 11.1 Å². The van der Waals surface area contributed by atoms with Crippen LogP contribution in [0.25, 0.3) is 0 Å². The van der Waals surface area contributed by atoms with Crippen molar-refractivity contribution in [1.82, 2.24) is 9.29 Å². The van der Waals surface area contributed by atoms with Gasteiger partial charge >= 0.3 is 0 Å². The zero-order chi connectivity index (χ0) is 19.4. The lowest BCUT2D eigenvalue weighted by molar-refractivity contribution is 0.346. The summed E-state index contributed by atoms with van der Waals surface area (Å²) in [5.74, 6) is 0.653. The fourth-order valence-corrected chi connectivity index (χ4v) is 5.71. The third kappa shape index (κ3) is 4.11. The van der Waals surface area contributed by atoms with E-state index >= 15 is 0 Å². The number of nitrogens with zero attached hydrogens (tertiary/aromatic N) is 2. The first-order valence-electron chi connectivity index (χ1n) is 9.46. The number of pyridine rings is 1. The lowest BCUT2D eigenvalue weighted by Gasteiger charge is -2.25. The maximum Gasteiger partial charge on any atom is 0.244 e. The molecule has 5 nitrogen and oxygen atoms in total. The molecule has 0 spiro atoms. The van der Waals surface area contributed by atoms with Gasteiger partial charge in [0.1, 0.15) is 10.7 Å². The number of nitrogens with one attached hydrogen (secondary N) is 1. The molecule has 0 aliphatic carbocycles. The highest BCUT2D eigenvalue weighted by atomic mass is 32.2. The van der Waals surface area contributed by atoms with E-state index in [0.29, 0.717) is 18.9 Å². The number of thiophene rings is 1. The molecule has 0 bridgehead atoms. The molecule has 0 radical (unpaired) electrons. The molecule has 1 atom stereocenters. The van der Waals surface area contributed by atoms with Crippen LogP contribution in [0.3, 0.4) is 0 Å². The quantitative estimate of drug-likeness (QED) is 0.645. The largest absolute Gasteiger partial charge is 0.358 e. The van der Waals surface area contributed by atoms with Gasteiger partial charge < -0.3 is 5.32 Å². The second-order valence-corrected chi connectivity index (χ2v) is 9.76. The summed E-state index contributed by atoms with van der Waals surface area (Å²) in [5.41, 5.74) is 1.14. The first-order valence-corrected chi connectivity index (χ1v) is 11.8. The van der Waals surface area contributed by atoms with E-state index in [1.54, 1.807) is 27.8 Å². The van der Waals surface area contributed by atoms with Crippen molar-refractivity contribution in [2.45, 2.75) is 30.2 Å². The minimum Gasteiger partial charge on any atom is -0.358 e. The second kappa shape index (κ2) is 8.43. The Balaban J connectivity index is 1.56. The Morgan fingerprint density at radius 2 is 1.75 bits per heavy atom. The summed E-state index contributed by atoms with van der Waals surface area (Å²) >= 11 is 1.68. The van der Waals surface area contributed by atoms with Gasteiger partial charge in [-0.15, -0.1) is 11.3 Å². The Bertz CT molecular complexity index is 982. The standard InChI is InChI=1S/C21H23N3O2S2/c25-28(26,24-13-5-2-6-14-24)18-11-12-20(22-16-18)23-21(19-10-7-15-27-19)17-8-3-1-4-9-17/h1,3-4,7-12,15-16,21H,2,5-6,13-14H2,(H,22,23)/t21-/m1/s1. The first kappa shape index (κ1) is 19.1.